The van der Waals surface area contributed by atoms with Crippen LogP contribution in [0.25, 0.3) is 0 Å². The van der Waals surface area contributed by atoms with E-state index >= 15 is 0 Å². The van der Waals surface area contributed by atoms with Gasteiger partial charge in [-0.15, -0.1) is 0 Å². The van der Waals surface area contributed by atoms with Crippen molar-refractivity contribution >= 4 is 5.91 Å². The zero-order valence-corrected chi connectivity index (χ0v) is 7.27. The predicted molar refractivity (Wildman–Crippen MR) is 49.9 cm³/mol. The zero-order valence-electron chi connectivity index (χ0n) is 7.27. The molecule has 0 saturated carbocycles. The molecule has 13 heavy (non-hydrogen) atoms. The van der Waals surface area contributed by atoms with E-state index in [0.29, 0.717) is 6.61 Å². The summed E-state index contributed by atoms with van der Waals surface area (Å²) in [5.74, 6) is -0.443. The minimum absolute atomic E-state index is 0.0245. The third kappa shape index (κ3) is 4.28. The third-order valence-electron chi connectivity index (χ3n) is 1.48. The molecule has 3 heteroatoms. The van der Waals surface area contributed by atoms with Gasteiger partial charge in [0.2, 0.25) is 5.91 Å². The van der Waals surface area contributed by atoms with Crippen LogP contribution in [0.1, 0.15) is 5.56 Å². The average Bonchev–Trinajstić information content (AvgIpc) is 2.14. The number of hydrogen-bond donors (Lipinski definition) is 1. The van der Waals surface area contributed by atoms with Gasteiger partial charge in [0.05, 0.1) is 6.61 Å². The van der Waals surface area contributed by atoms with Crippen LogP contribution in [0, 0.1) is 6.42 Å². The Morgan fingerprint density at radius 2 is 2.08 bits per heavy atom. The van der Waals surface area contributed by atoms with Crippen molar-refractivity contribution in [3.63, 3.8) is 0 Å². The maximum absolute atomic E-state index is 10.3. The first-order valence-electron chi connectivity index (χ1n) is 4.03. The molecule has 1 aromatic carbocycles. The fourth-order valence-corrected chi connectivity index (χ4v) is 0.904. The van der Waals surface area contributed by atoms with Gasteiger partial charge < -0.3 is 10.5 Å². The maximum Gasteiger partial charge on any atom is 0.243 e. The van der Waals surface area contributed by atoms with Gasteiger partial charge in [0.15, 0.2) is 0 Å². The fraction of sp³-hybridized carbons (Fsp3) is 0.200. The molecule has 0 atom stereocenters. The topological polar surface area (TPSA) is 52.3 Å². The van der Waals surface area contributed by atoms with Crippen LogP contribution in [0.5, 0.6) is 0 Å². The predicted octanol–water partition coefficient (Wildman–Crippen LogP) is 0.741. The van der Waals surface area contributed by atoms with Crippen LogP contribution in [0.2, 0.25) is 0 Å². The summed E-state index contributed by atoms with van der Waals surface area (Å²) < 4.78 is 4.97. The lowest BCUT2D eigenvalue weighted by molar-refractivity contribution is -0.122. The average molecular weight is 178 g/mol. The Morgan fingerprint density at radius 1 is 1.38 bits per heavy atom. The Bertz CT molecular complexity index is 259. The molecular formula is C10H12NO2. The van der Waals surface area contributed by atoms with Crippen molar-refractivity contribution in [1.82, 2.24) is 0 Å². The lowest BCUT2D eigenvalue weighted by Gasteiger charge is -2.00. The molecule has 0 aliphatic heterocycles. The number of hydrogen-bond acceptors (Lipinski definition) is 2. The Balaban J connectivity index is 2.17. The van der Waals surface area contributed by atoms with Crippen LogP contribution in [-0.2, 0) is 9.53 Å². The highest BCUT2D eigenvalue weighted by molar-refractivity contribution is 5.74. The molecule has 0 spiro atoms. The number of ether oxygens (including phenoxy) is 1. The minimum atomic E-state index is -0.443. The Labute approximate surface area is 77.5 Å². The minimum Gasteiger partial charge on any atom is -0.371 e. The Morgan fingerprint density at radius 3 is 2.69 bits per heavy atom. The van der Waals surface area contributed by atoms with Gasteiger partial charge in [0, 0.05) is 6.42 Å². The van der Waals surface area contributed by atoms with Crippen LogP contribution in [0.4, 0.5) is 0 Å². The Kier molecular flexibility index (Phi) is 3.99. The van der Waals surface area contributed by atoms with Crippen LogP contribution >= 0.6 is 0 Å². The summed E-state index contributed by atoms with van der Waals surface area (Å²) in [6.45, 7) is 0.385. The van der Waals surface area contributed by atoms with E-state index in [-0.39, 0.29) is 6.61 Å². The number of carbonyl (C=O) groups excluding carboxylic acids is 1. The van der Waals surface area contributed by atoms with Gasteiger partial charge in [-0.1, -0.05) is 30.3 Å². The zero-order chi connectivity index (χ0) is 9.52. The van der Waals surface area contributed by atoms with E-state index in [4.69, 9.17) is 10.5 Å². The number of carbonyl (C=O) groups is 1. The summed E-state index contributed by atoms with van der Waals surface area (Å²) in [7, 11) is 0. The fourth-order valence-electron chi connectivity index (χ4n) is 0.904. The third-order valence-corrected chi connectivity index (χ3v) is 1.48. The van der Waals surface area contributed by atoms with E-state index in [1.807, 2.05) is 36.8 Å². The van der Waals surface area contributed by atoms with Gasteiger partial charge in [0.1, 0.15) is 6.61 Å². The van der Waals surface area contributed by atoms with Crippen LogP contribution in [0.15, 0.2) is 30.3 Å². The molecule has 0 bridgehead atoms. The van der Waals surface area contributed by atoms with Gasteiger partial charge >= 0.3 is 0 Å². The molecule has 0 aromatic heterocycles. The number of amides is 1. The number of nitrogens with two attached hydrogens (primary N) is 1. The molecule has 3 nitrogen and oxygen atoms in total. The second-order valence-corrected chi connectivity index (χ2v) is 2.60. The summed E-state index contributed by atoms with van der Waals surface area (Å²) in [6, 6.07) is 9.77. The summed E-state index contributed by atoms with van der Waals surface area (Å²) in [5, 5.41) is 0. The first-order valence-corrected chi connectivity index (χ1v) is 4.03. The second-order valence-electron chi connectivity index (χ2n) is 2.60. The van der Waals surface area contributed by atoms with Crippen molar-refractivity contribution in [2.24, 2.45) is 5.73 Å². The van der Waals surface area contributed by atoms with Gasteiger partial charge in [0.25, 0.3) is 0 Å². The lowest BCUT2D eigenvalue weighted by atomic mass is 10.2. The van der Waals surface area contributed by atoms with Crippen molar-refractivity contribution in [2.75, 3.05) is 13.2 Å². The van der Waals surface area contributed by atoms with E-state index in [1.54, 1.807) is 0 Å². The second kappa shape index (κ2) is 5.32. The smallest absolute Gasteiger partial charge is 0.243 e. The van der Waals surface area contributed by atoms with E-state index in [2.05, 4.69) is 0 Å². The monoisotopic (exact) mass is 178 g/mol. The molecule has 1 rings (SSSR count). The first-order chi connectivity index (χ1) is 6.29. The molecule has 1 radical (unpaired) electrons. The van der Waals surface area contributed by atoms with Crippen molar-refractivity contribution in [2.45, 2.75) is 0 Å². The van der Waals surface area contributed by atoms with Gasteiger partial charge in [-0.05, 0) is 5.56 Å². The largest absolute Gasteiger partial charge is 0.371 e. The summed E-state index contributed by atoms with van der Waals surface area (Å²) in [6.07, 6.45) is 1.89. The van der Waals surface area contributed by atoms with Gasteiger partial charge in [-0.25, -0.2) is 0 Å². The molecule has 0 aliphatic carbocycles. The molecular weight excluding hydrogens is 166 g/mol. The molecule has 1 aromatic rings. The molecule has 0 unspecified atom stereocenters. The lowest BCUT2D eigenvalue weighted by Crippen LogP contribution is -2.18. The van der Waals surface area contributed by atoms with E-state index < -0.39 is 5.91 Å². The van der Waals surface area contributed by atoms with E-state index in [0.717, 1.165) is 5.56 Å². The van der Waals surface area contributed by atoms with E-state index in [9.17, 15) is 4.79 Å². The van der Waals surface area contributed by atoms with Gasteiger partial charge in [-0.3, -0.25) is 4.79 Å². The summed E-state index contributed by atoms with van der Waals surface area (Å²) >= 11 is 0. The maximum atomic E-state index is 10.3. The van der Waals surface area contributed by atoms with Crippen molar-refractivity contribution < 1.29 is 9.53 Å². The van der Waals surface area contributed by atoms with Crippen LogP contribution in [0.3, 0.4) is 0 Å². The standard InChI is InChI=1S/C10H12NO2/c11-10(12)8-13-7-6-9-4-2-1-3-5-9/h1-6H,7-8H2,(H2,11,12). The van der Waals surface area contributed by atoms with Crippen LogP contribution in [-0.4, -0.2) is 19.1 Å². The first kappa shape index (κ1) is 9.74. The molecule has 2 N–H and O–H groups in total. The van der Waals surface area contributed by atoms with Crippen molar-refractivity contribution in [3.8, 4) is 0 Å². The molecule has 0 aliphatic rings. The molecule has 69 valence electrons. The Hall–Kier alpha value is -1.35. The quantitative estimate of drug-likeness (QED) is 0.676. The molecule has 0 fully saturated rings. The number of rotatable bonds is 5. The molecule has 1 amide bonds. The summed E-state index contributed by atoms with van der Waals surface area (Å²) in [5.41, 5.74) is 5.97. The van der Waals surface area contributed by atoms with Crippen molar-refractivity contribution in [3.05, 3.63) is 42.3 Å². The van der Waals surface area contributed by atoms with Crippen molar-refractivity contribution in [1.29, 1.82) is 0 Å². The normalized spacial score (nSPS) is 9.85. The number of primary amides is 1. The highest BCUT2D eigenvalue weighted by Crippen LogP contribution is 2.01. The highest BCUT2D eigenvalue weighted by atomic mass is 16.5. The van der Waals surface area contributed by atoms with E-state index in [1.165, 1.54) is 0 Å². The SMILES string of the molecule is NC(=O)COC[CH]c1ccccc1. The van der Waals surface area contributed by atoms with Crippen LogP contribution < -0.4 is 5.73 Å². The summed E-state index contributed by atoms with van der Waals surface area (Å²) in [4.78, 5) is 10.3. The highest BCUT2D eigenvalue weighted by Gasteiger charge is 1.95. The number of benzene rings is 1. The molecule has 0 saturated heterocycles. The molecule has 0 heterocycles. The van der Waals surface area contributed by atoms with Gasteiger partial charge in [-0.2, -0.15) is 0 Å².